The molecule has 3 atom stereocenters. The molecule has 3 fully saturated rings. The number of ketones is 1. The molecule has 15 heteroatoms. The second-order valence-electron chi connectivity index (χ2n) is 15.3. The summed E-state index contributed by atoms with van der Waals surface area (Å²) < 4.78 is 22.3. The predicted octanol–water partition coefficient (Wildman–Crippen LogP) is 4.90. The van der Waals surface area contributed by atoms with Gasteiger partial charge < -0.3 is 44.4 Å². The zero-order valence-corrected chi connectivity index (χ0v) is 33.5. The molecule has 3 aromatic carbocycles. The maximum Gasteiger partial charge on any atom is 0.407 e. The van der Waals surface area contributed by atoms with Crippen LogP contribution in [-0.2, 0) is 28.6 Å². The Labute approximate surface area is 342 Å². The van der Waals surface area contributed by atoms with Crippen molar-refractivity contribution in [1.82, 2.24) is 30.4 Å². The Morgan fingerprint density at radius 2 is 1.58 bits per heavy atom. The Balaban J connectivity index is 0.946. The first kappa shape index (κ1) is 41.1. The number of hydrogen-bond donors (Lipinski definition) is 3. The Bertz CT molecular complexity index is 2120. The second-order valence-corrected chi connectivity index (χ2v) is 15.3. The number of ether oxygens (including phenoxy) is 4. The first-order valence-corrected chi connectivity index (χ1v) is 20.0. The van der Waals surface area contributed by atoms with Crippen molar-refractivity contribution in [2.45, 2.75) is 63.4 Å². The number of nitrogens with zero attached hydrogens (tertiary/aromatic N) is 3. The number of imidazole rings is 1. The monoisotopic (exact) mass is 806 g/mol. The van der Waals surface area contributed by atoms with E-state index >= 15 is 0 Å². The molecule has 310 valence electrons. The number of rotatable bonds is 13. The Morgan fingerprint density at radius 1 is 0.898 bits per heavy atom. The molecule has 7 rings (SSSR count). The molecular formula is C44H50N6O9. The van der Waals surface area contributed by atoms with Gasteiger partial charge in [0.15, 0.2) is 18.2 Å². The van der Waals surface area contributed by atoms with Crippen LogP contribution >= 0.6 is 0 Å². The van der Waals surface area contributed by atoms with Crippen LogP contribution < -0.4 is 15.4 Å². The number of Topliss-reactive ketones (excluding diaryl/α,β-unsaturated/α-hetero) is 1. The van der Waals surface area contributed by atoms with Gasteiger partial charge in [0.2, 0.25) is 11.8 Å². The summed E-state index contributed by atoms with van der Waals surface area (Å²) in [6.45, 7) is 4.83. The number of aromatic amines is 1. The number of H-pyrrole nitrogens is 1. The summed E-state index contributed by atoms with van der Waals surface area (Å²) in [5.41, 5.74) is 3.99. The standard InChI is InChI=1S/C44H50N6O9/c1-28(2)39(48-43(55)56-3)42(54)49-20-7-11-35(49)40-45-24-34(47-40)31-16-12-29(13-17-31)30-14-18-32(19-15-30)37(51)25-46-41(53)36-23-44(58-21-8-22-59-44)27-50(36)38(52)26-57-33-9-5-4-6-10-33/h4-6,9-10,12-19,24,28,35-36,39H,7-8,11,20-23,25-27H2,1-3H3,(H,45,47)(H,46,53)(H,48,55)/t35?,36-,39-/m0/s1. The third kappa shape index (κ3) is 9.47. The Morgan fingerprint density at radius 3 is 2.25 bits per heavy atom. The Kier molecular flexibility index (Phi) is 12.7. The van der Waals surface area contributed by atoms with Crippen molar-refractivity contribution in [3.05, 3.63) is 96.4 Å². The molecule has 4 heterocycles. The highest BCUT2D eigenvalue weighted by Gasteiger charge is 2.51. The van der Waals surface area contributed by atoms with Gasteiger partial charge in [0.05, 0.1) is 51.3 Å². The van der Waals surface area contributed by atoms with Crippen molar-refractivity contribution >= 4 is 29.6 Å². The number of benzene rings is 3. The first-order chi connectivity index (χ1) is 28.5. The quantitative estimate of drug-likeness (QED) is 0.157. The molecule has 1 aromatic heterocycles. The van der Waals surface area contributed by atoms with Crippen molar-refractivity contribution in [2.24, 2.45) is 5.92 Å². The summed E-state index contributed by atoms with van der Waals surface area (Å²) in [6, 6.07) is 22.2. The molecule has 4 amide bonds. The van der Waals surface area contributed by atoms with Crippen molar-refractivity contribution in [3.63, 3.8) is 0 Å². The number of likely N-dealkylation sites (tertiary alicyclic amines) is 2. The second kappa shape index (κ2) is 18.2. The van der Waals surface area contributed by atoms with Gasteiger partial charge in [-0.15, -0.1) is 0 Å². The van der Waals surface area contributed by atoms with Crippen molar-refractivity contribution < 1.29 is 42.9 Å². The van der Waals surface area contributed by atoms with Gasteiger partial charge in [0.25, 0.3) is 5.91 Å². The van der Waals surface area contributed by atoms with E-state index in [9.17, 15) is 24.0 Å². The highest BCUT2D eigenvalue weighted by Crippen LogP contribution is 2.35. The normalized spacial score (nSPS) is 19.1. The van der Waals surface area contributed by atoms with Gasteiger partial charge in [-0.3, -0.25) is 19.2 Å². The van der Waals surface area contributed by atoms with Crippen LogP contribution in [0.25, 0.3) is 22.4 Å². The van der Waals surface area contributed by atoms with Crippen LogP contribution in [0.2, 0.25) is 0 Å². The number of carbonyl (C=O) groups is 5. The fourth-order valence-electron chi connectivity index (χ4n) is 7.83. The summed E-state index contributed by atoms with van der Waals surface area (Å²) in [6.07, 6.45) is 3.56. The van der Waals surface area contributed by atoms with Crippen LogP contribution in [-0.4, -0.2) is 114 Å². The summed E-state index contributed by atoms with van der Waals surface area (Å²) in [5.74, 6) is -1.28. The zero-order valence-electron chi connectivity index (χ0n) is 33.5. The lowest BCUT2D eigenvalue weighted by atomic mass is 10.0. The molecule has 3 aliphatic rings. The number of hydrogen-bond acceptors (Lipinski definition) is 10. The molecule has 0 radical (unpaired) electrons. The van der Waals surface area contributed by atoms with E-state index in [1.54, 1.807) is 47.5 Å². The van der Waals surface area contributed by atoms with Gasteiger partial charge in [-0.2, -0.15) is 0 Å². The summed E-state index contributed by atoms with van der Waals surface area (Å²) in [7, 11) is 1.28. The molecule has 1 spiro atoms. The molecule has 1 unspecified atom stereocenters. The van der Waals surface area contributed by atoms with Crippen LogP contribution in [0.1, 0.15) is 61.8 Å². The van der Waals surface area contributed by atoms with Crippen LogP contribution in [0.15, 0.2) is 85.1 Å². The summed E-state index contributed by atoms with van der Waals surface area (Å²) in [5, 5.41) is 5.41. The number of nitrogens with one attached hydrogen (secondary N) is 3. The third-order valence-corrected chi connectivity index (χ3v) is 11.0. The van der Waals surface area contributed by atoms with Crippen LogP contribution in [0.3, 0.4) is 0 Å². The number of aromatic nitrogens is 2. The first-order valence-electron chi connectivity index (χ1n) is 20.0. The van der Waals surface area contributed by atoms with Crippen LogP contribution in [0, 0.1) is 5.92 Å². The molecule has 0 bridgehead atoms. The minimum absolute atomic E-state index is 0.0840. The Hall–Kier alpha value is -6.06. The van der Waals surface area contributed by atoms with E-state index < -0.39 is 29.9 Å². The van der Waals surface area contributed by atoms with E-state index in [0.717, 1.165) is 41.6 Å². The lowest BCUT2D eigenvalue weighted by Crippen LogP contribution is -2.51. The summed E-state index contributed by atoms with van der Waals surface area (Å²) in [4.78, 5) is 76.8. The number of para-hydroxylation sites is 1. The van der Waals surface area contributed by atoms with Crippen LogP contribution in [0.5, 0.6) is 5.75 Å². The number of alkyl carbamates (subject to hydrolysis) is 1. The molecule has 15 nitrogen and oxygen atoms in total. The molecule has 59 heavy (non-hydrogen) atoms. The number of methoxy groups -OCH3 is 1. The molecule has 0 saturated carbocycles. The van der Waals surface area contributed by atoms with Crippen molar-refractivity contribution in [2.75, 3.05) is 46.6 Å². The molecule has 3 saturated heterocycles. The highest BCUT2D eigenvalue weighted by molar-refractivity contribution is 6.00. The highest BCUT2D eigenvalue weighted by atomic mass is 16.7. The number of carbonyl (C=O) groups excluding carboxylic acids is 5. The molecule has 3 aliphatic heterocycles. The zero-order chi connectivity index (χ0) is 41.5. The average molecular weight is 807 g/mol. The maximum atomic E-state index is 13.5. The fraction of sp³-hybridized carbons (Fsp3) is 0.409. The molecule has 0 aliphatic carbocycles. The SMILES string of the molecule is COC(=O)N[C@H](C(=O)N1CCCC1c1ncc(-c2ccc(-c3ccc(C(=O)CNC(=O)[C@@H]4CC5(CN4C(=O)COc4ccccc4)OCCCO5)cc3)cc2)[nH]1)C(C)C. The van der Waals surface area contributed by atoms with Gasteiger partial charge in [0.1, 0.15) is 23.7 Å². The van der Waals surface area contributed by atoms with Gasteiger partial charge in [-0.25, -0.2) is 9.78 Å². The van der Waals surface area contributed by atoms with E-state index in [-0.39, 0.29) is 55.7 Å². The van der Waals surface area contributed by atoms with E-state index in [1.807, 2.05) is 56.3 Å². The predicted molar refractivity (Wildman–Crippen MR) is 216 cm³/mol. The molecule has 4 aromatic rings. The van der Waals surface area contributed by atoms with E-state index in [2.05, 4.69) is 20.6 Å². The van der Waals surface area contributed by atoms with E-state index in [4.69, 9.17) is 18.9 Å². The lowest BCUT2D eigenvalue weighted by molar-refractivity contribution is -0.257. The topological polar surface area (TPSA) is 181 Å². The van der Waals surface area contributed by atoms with E-state index in [0.29, 0.717) is 36.9 Å². The maximum absolute atomic E-state index is 13.5. The van der Waals surface area contributed by atoms with Gasteiger partial charge in [0, 0.05) is 18.5 Å². The smallest absolute Gasteiger partial charge is 0.407 e. The molecule has 3 N–H and O–H groups in total. The van der Waals surface area contributed by atoms with Gasteiger partial charge in [-0.1, -0.05) is 80.6 Å². The average Bonchev–Trinajstić information content (AvgIpc) is 4.04. The van der Waals surface area contributed by atoms with Crippen molar-refractivity contribution in [1.29, 1.82) is 0 Å². The van der Waals surface area contributed by atoms with E-state index in [1.165, 1.54) is 12.0 Å². The largest absolute Gasteiger partial charge is 0.484 e. The summed E-state index contributed by atoms with van der Waals surface area (Å²) >= 11 is 0. The number of amides is 4. The molecular weight excluding hydrogens is 757 g/mol. The minimum Gasteiger partial charge on any atom is -0.484 e. The lowest BCUT2D eigenvalue weighted by Gasteiger charge is -2.33. The van der Waals surface area contributed by atoms with Gasteiger partial charge >= 0.3 is 6.09 Å². The fourth-order valence-corrected chi connectivity index (χ4v) is 7.83. The van der Waals surface area contributed by atoms with Gasteiger partial charge in [-0.05, 0) is 54.0 Å². The van der Waals surface area contributed by atoms with Crippen molar-refractivity contribution in [3.8, 4) is 28.1 Å². The minimum atomic E-state index is -1.08. The third-order valence-electron chi connectivity index (χ3n) is 11.0. The van der Waals surface area contributed by atoms with Crippen LogP contribution in [0.4, 0.5) is 4.79 Å².